The summed E-state index contributed by atoms with van der Waals surface area (Å²) in [7, 11) is -0.660. The number of rotatable bonds is 10. The van der Waals surface area contributed by atoms with E-state index < -0.39 is 28.5 Å². The highest BCUT2D eigenvalue weighted by atomic mass is 127. The van der Waals surface area contributed by atoms with Crippen molar-refractivity contribution >= 4 is 50.1 Å². The van der Waals surface area contributed by atoms with Crippen molar-refractivity contribution in [2.24, 2.45) is 0 Å². The Labute approximate surface area is 203 Å². The zero-order valence-corrected chi connectivity index (χ0v) is 21.5. The molecule has 0 saturated carbocycles. The number of ether oxygens (including phenoxy) is 1. The third-order valence-electron chi connectivity index (χ3n) is 4.94. The molecule has 0 saturated heterocycles. The molecule has 0 bridgehead atoms. The third-order valence-corrected chi connectivity index (χ3v) is 6.80. The molecule has 8 nitrogen and oxygen atoms in total. The maximum atomic E-state index is 13.4. The molecule has 2 aromatic rings. The Morgan fingerprint density at radius 2 is 1.69 bits per heavy atom. The van der Waals surface area contributed by atoms with E-state index in [0.29, 0.717) is 17.9 Å². The topological polar surface area (TPSA) is 96.0 Å². The van der Waals surface area contributed by atoms with Gasteiger partial charge in [0.2, 0.25) is 21.8 Å². The van der Waals surface area contributed by atoms with Gasteiger partial charge >= 0.3 is 0 Å². The number of nitrogens with zero attached hydrogens (tertiary/aromatic N) is 2. The maximum absolute atomic E-state index is 13.4. The summed E-state index contributed by atoms with van der Waals surface area (Å²) in [6.07, 6.45) is 1.44. The summed E-state index contributed by atoms with van der Waals surface area (Å²) in [6, 6.07) is 13.3. The van der Waals surface area contributed by atoms with Crippen LogP contribution in [0.25, 0.3) is 0 Å². The first kappa shape index (κ1) is 25.9. The van der Waals surface area contributed by atoms with Crippen LogP contribution in [0.1, 0.15) is 18.9 Å². The fourth-order valence-electron chi connectivity index (χ4n) is 3.23. The highest BCUT2D eigenvalue weighted by Gasteiger charge is 2.31. The zero-order chi connectivity index (χ0) is 23.9. The van der Waals surface area contributed by atoms with Crippen LogP contribution >= 0.6 is 22.6 Å². The first-order valence-corrected chi connectivity index (χ1v) is 12.9. The van der Waals surface area contributed by atoms with Crippen molar-refractivity contribution in [1.29, 1.82) is 0 Å². The van der Waals surface area contributed by atoms with Crippen molar-refractivity contribution in [2.45, 2.75) is 25.9 Å². The van der Waals surface area contributed by atoms with E-state index in [0.717, 1.165) is 19.7 Å². The number of hydrogen-bond acceptors (Lipinski definition) is 5. The summed E-state index contributed by atoms with van der Waals surface area (Å²) in [5, 5.41) is 2.59. The lowest BCUT2D eigenvalue weighted by Gasteiger charge is -2.32. The lowest BCUT2D eigenvalue weighted by Crippen LogP contribution is -2.51. The monoisotopic (exact) mass is 573 g/mol. The van der Waals surface area contributed by atoms with Gasteiger partial charge in [0.25, 0.3) is 0 Å². The molecular formula is C22H28IN3O5S. The normalized spacial score (nSPS) is 12.0. The Balaban J connectivity index is 2.39. The molecule has 174 valence electrons. The molecule has 2 aromatic carbocycles. The Morgan fingerprint density at radius 3 is 2.16 bits per heavy atom. The Bertz CT molecular complexity index is 1030. The van der Waals surface area contributed by atoms with Crippen LogP contribution in [0.3, 0.4) is 0 Å². The average Bonchev–Trinajstić information content (AvgIpc) is 2.77. The van der Waals surface area contributed by atoms with Gasteiger partial charge in [-0.15, -0.1) is 0 Å². The summed E-state index contributed by atoms with van der Waals surface area (Å²) in [6.45, 7) is 1.55. The number of benzene rings is 2. The number of carbonyl (C=O) groups excluding carboxylic acids is 2. The predicted molar refractivity (Wildman–Crippen MR) is 133 cm³/mol. The first-order valence-electron chi connectivity index (χ1n) is 9.98. The molecule has 0 aliphatic rings. The van der Waals surface area contributed by atoms with E-state index in [1.54, 1.807) is 43.5 Å². The largest absolute Gasteiger partial charge is 0.497 e. The summed E-state index contributed by atoms with van der Waals surface area (Å²) in [5.41, 5.74) is 1.18. The predicted octanol–water partition coefficient (Wildman–Crippen LogP) is 2.62. The van der Waals surface area contributed by atoms with Crippen LogP contribution in [0.15, 0.2) is 48.5 Å². The van der Waals surface area contributed by atoms with Gasteiger partial charge in [0, 0.05) is 17.2 Å². The minimum atomic E-state index is -3.73. The molecule has 0 fully saturated rings. The molecule has 10 heteroatoms. The third kappa shape index (κ3) is 6.83. The van der Waals surface area contributed by atoms with Crippen LogP contribution in [0.4, 0.5) is 5.69 Å². The van der Waals surface area contributed by atoms with Crippen molar-refractivity contribution in [3.05, 3.63) is 57.7 Å². The number of anilines is 1. The van der Waals surface area contributed by atoms with E-state index in [4.69, 9.17) is 4.74 Å². The van der Waals surface area contributed by atoms with Crippen molar-refractivity contribution in [3.8, 4) is 5.75 Å². The van der Waals surface area contributed by atoms with E-state index in [-0.39, 0.29) is 12.5 Å². The molecule has 0 radical (unpaired) electrons. The SMILES string of the molecule is CC[C@H](C(=O)NC)N(Cc1ccc(OC)cc1)C(=O)CN(c1ccc(I)cc1)S(C)(=O)=O. The van der Waals surface area contributed by atoms with Gasteiger partial charge in [0.15, 0.2) is 0 Å². The highest BCUT2D eigenvalue weighted by Crippen LogP contribution is 2.21. The Hall–Kier alpha value is -2.34. The number of hydrogen-bond donors (Lipinski definition) is 1. The van der Waals surface area contributed by atoms with E-state index in [9.17, 15) is 18.0 Å². The van der Waals surface area contributed by atoms with Gasteiger partial charge in [-0.3, -0.25) is 13.9 Å². The summed E-state index contributed by atoms with van der Waals surface area (Å²) in [4.78, 5) is 27.3. The second-order valence-corrected chi connectivity index (χ2v) is 10.3. The first-order chi connectivity index (χ1) is 15.1. The van der Waals surface area contributed by atoms with E-state index in [1.165, 1.54) is 11.9 Å². The summed E-state index contributed by atoms with van der Waals surface area (Å²) < 4.78 is 32.2. The lowest BCUT2D eigenvalue weighted by molar-refractivity contribution is -0.140. The zero-order valence-electron chi connectivity index (χ0n) is 18.5. The average molecular weight is 573 g/mol. The van der Waals surface area contributed by atoms with Crippen molar-refractivity contribution in [2.75, 3.05) is 31.3 Å². The van der Waals surface area contributed by atoms with Gasteiger partial charge in [-0.2, -0.15) is 0 Å². The lowest BCUT2D eigenvalue weighted by atomic mass is 10.1. The molecule has 0 aromatic heterocycles. The molecule has 32 heavy (non-hydrogen) atoms. The Morgan fingerprint density at radius 1 is 1.09 bits per heavy atom. The molecule has 0 unspecified atom stereocenters. The smallest absolute Gasteiger partial charge is 0.244 e. The van der Waals surface area contributed by atoms with Gasteiger partial charge in [0.1, 0.15) is 18.3 Å². The van der Waals surface area contributed by atoms with E-state index >= 15 is 0 Å². The number of sulfonamides is 1. The van der Waals surface area contributed by atoms with Crippen molar-refractivity contribution in [3.63, 3.8) is 0 Å². The quantitative estimate of drug-likeness (QED) is 0.441. The van der Waals surface area contributed by atoms with Gasteiger partial charge in [0.05, 0.1) is 19.1 Å². The van der Waals surface area contributed by atoms with Gasteiger partial charge in [-0.1, -0.05) is 19.1 Å². The maximum Gasteiger partial charge on any atom is 0.244 e. The number of amides is 2. The molecule has 1 N–H and O–H groups in total. The Kier molecular flexibility index (Phi) is 9.32. The van der Waals surface area contributed by atoms with Crippen LogP contribution in [0.5, 0.6) is 5.75 Å². The van der Waals surface area contributed by atoms with Crippen molar-refractivity contribution in [1.82, 2.24) is 10.2 Å². The second-order valence-electron chi connectivity index (χ2n) is 7.15. The fourth-order valence-corrected chi connectivity index (χ4v) is 4.44. The van der Waals surface area contributed by atoms with Crippen LogP contribution in [-0.2, 0) is 26.2 Å². The second kappa shape index (κ2) is 11.5. The van der Waals surface area contributed by atoms with Gasteiger partial charge in [-0.05, 0) is 71.0 Å². The van der Waals surface area contributed by atoms with Gasteiger partial charge in [-0.25, -0.2) is 8.42 Å². The summed E-state index contributed by atoms with van der Waals surface area (Å²) >= 11 is 2.12. The standard InChI is InChI=1S/C22H28IN3O5S/c1-5-20(22(28)24-2)25(14-16-6-12-19(31-3)13-7-16)21(27)15-26(32(4,29)30)18-10-8-17(23)9-11-18/h6-13,20H,5,14-15H2,1-4H3,(H,24,28)/t20-/m1/s1. The van der Waals surface area contributed by atoms with Crippen molar-refractivity contribution < 1.29 is 22.7 Å². The fraction of sp³-hybridized carbons (Fsp3) is 0.364. The summed E-state index contributed by atoms with van der Waals surface area (Å²) in [5.74, 6) is -0.110. The van der Waals surface area contributed by atoms with E-state index in [1.807, 2.05) is 19.1 Å². The highest BCUT2D eigenvalue weighted by molar-refractivity contribution is 14.1. The number of methoxy groups -OCH3 is 1. The molecule has 0 heterocycles. The van der Waals surface area contributed by atoms with Crippen LogP contribution in [0, 0.1) is 3.57 Å². The molecule has 2 amide bonds. The number of carbonyl (C=O) groups is 2. The molecule has 0 aliphatic heterocycles. The molecule has 2 rings (SSSR count). The minimum Gasteiger partial charge on any atom is -0.497 e. The minimum absolute atomic E-state index is 0.152. The molecule has 0 spiro atoms. The number of likely N-dealkylation sites (N-methyl/N-ethyl adjacent to an activating group) is 1. The van der Waals surface area contributed by atoms with Crippen LogP contribution in [0.2, 0.25) is 0 Å². The van der Waals surface area contributed by atoms with Gasteiger partial charge < -0.3 is 15.0 Å². The molecular weight excluding hydrogens is 545 g/mol. The van der Waals surface area contributed by atoms with Crippen LogP contribution in [-0.4, -0.2) is 58.1 Å². The van der Waals surface area contributed by atoms with Crippen LogP contribution < -0.4 is 14.4 Å². The molecule has 1 atom stereocenters. The molecule has 0 aliphatic carbocycles. The van der Waals surface area contributed by atoms with E-state index in [2.05, 4.69) is 27.9 Å². The number of nitrogens with one attached hydrogen (secondary N) is 1. The number of halogens is 1.